The molecular weight excluding hydrogens is 212 g/mol. The predicted octanol–water partition coefficient (Wildman–Crippen LogP) is 2.06. The molecule has 92 valence electrons. The molecule has 0 aromatic rings. The monoisotopic (exact) mass is 236 g/mol. The van der Waals surface area contributed by atoms with Gasteiger partial charge < -0.3 is 10.2 Å². The molecule has 1 amide bonds. The minimum absolute atomic E-state index is 0. The molecule has 0 aliphatic heterocycles. The Morgan fingerprint density at radius 3 is 2.13 bits per heavy atom. The van der Waals surface area contributed by atoms with Gasteiger partial charge in [-0.15, -0.1) is 12.4 Å². The Hall–Kier alpha value is -0.280. The number of halogens is 1. The molecule has 0 heterocycles. The Bertz CT molecular complexity index is 148. The van der Waals surface area contributed by atoms with Crippen LogP contribution in [0, 0.1) is 0 Å². The lowest BCUT2D eigenvalue weighted by Gasteiger charge is -2.21. The van der Waals surface area contributed by atoms with E-state index >= 15 is 0 Å². The molecule has 15 heavy (non-hydrogen) atoms. The summed E-state index contributed by atoms with van der Waals surface area (Å²) in [5, 5.41) is 3.06. The summed E-state index contributed by atoms with van der Waals surface area (Å²) in [4.78, 5) is 13.7. The number of carbonyl (C=O) groups is 1. The molecule has 0 aliphatic rings. The molecule has 0 fully saturated rings. The van der Waals surface area contributed by atoms with Crippen LogP contribution in [0.25, 0.3) is 0 Å². The second-order valence-corrected chi connectivity index (χ2v) is 3.59. The number of amides is 1. The van der Waals surface area contributed by atoms with Crippen molar-refractivity contribution in [2.24, 2.45) is 0 Å². The van der Waals surface area contributed by atoms with E-state index in [0.29, 0.717) is 12.3 Å². The van der Waals surface area contributed by atoms with Crippen molar-refractivity contribution < 1.29 is 4.79 Å². The maximum absolute atomic E-state index is 11.7. The first-order chi connectivity index (χ1) is 6.76. The predicted molar refractivity (Wildman–Crippen MR) is 67.6 cm³/mol. The lowest BCUT2D eigenvalue weighted by Crippen LogP contribution is -2.32. The minimum atomic E-state index is 0. The average Bonchev–Trinajstić information content (AvgIpc) is 2.18. The van der Waals surface area contributed by atoms with Crippen molar-refractivity contribution in [1.29, 1.82) is 0 Å². The SMILES string of the molecule is CCCN(CCC)C(=O)CCCNC.Cl. The summed E-state index contributed by atoms with van der Waals surface area (Å²) in [5.74, 6) is 0.309. The fourth-order valence-electron chi connectivity index (χ4n) is 1.48. The smallest absolute Gasteiger partial charge is 0.222 e. The molecule has 0 radical (unpaired) electrons. The van der Waals surface area contributed by atoms with Crippen molar-refractivity contribution in [3.05, 3.63) is 0 Å². The van der Waals surface area contributed by atoms with E-state index in [9.17, 15) is 4.79 Å². The minimum Gasteiger partial charge on any atom is -0.343 e. The summed E-state index contributed by atoms with van der Waals surface area (Å²) in [6, 6.07) is 0. The van der Waals surface area contributed by atoms with Gasteiger partial charge in [-0.3, -0.25) is 4.79 Å². The zero-order valence-electron chi connectivity index (χ0n) is 10.2. The molecular formula is C11H25ClN2O. The topological polar surface area (TPSA) is 32.3 Å². The highest BCUT2D eigenvalue weighted by Crippen LogP contribution is 2.00. The Labute approximate surface area is 100 Å². The third-order valence-corrected chi connectivity index (χ3v) is 2.16. The summed E-state index contributed by atoms with van der Waals surface area (Å²) in [6.07, 6.45) is 3.73. The summed E-state index contributed by atoms with van der Waals surface area (Å²) in [6.45, 7) is 6.98. The van der Waals surface area contributed by atoms with E-state index in [1.165, 1.54) is 0 Å². The van der Waals surface area contributed by atoms with E-state index in [1.54, 1.807) is 0 Å². The highest BCUT2D eigenvalue weighted by atomic mass is 35.5. The van der Waals surface area contributed by atoms with Crippen LogP contribution in [0.1, 0.15) is 39.5 Å². The van der Waals surface area contributed by atoms with Crippen molar-refractivity contribution >= 4 is 18.3 Å². The van der Waals surface area contributed by atoms with Gasteiger partial charge in [0.1, 0.15) is 0 Å². The van der Waals surface area contributed by atoms with Crippen LogP contribution in [0.3, 0.4) is 0 Å². The second kappa shape index (κ2) is 11.8. The molecule has 0 aromatic heterocycles. The number of hydrogen-bond donors (Lipinski definition) is 1. The van der Waals surface area contributed by atoms with Crippen molar-refractivity contribution in [2.75, 3.05) is 26.7 Å². The van der Waals surface area contributed by atoms with Gasteiger partial charge in [-0.2, -0.15) is 0 Å². The molecule has 0 spiro atoms. The molecule has 0 rings (SSSR count). The van der Waals surface area contributed by atoms with Gasteiger partial charge in [0.05, 0.1) is 0 Å². The molecule has 0 atom stereocenters. The molecule has 0 aromatic carbocycles. The number of nitrogens with one attached hydrogen (secondary N) is 1. The summed E-state index contributed by atoms with van der Waals surface area (Å²) in [7, 11) is 1.92. The van der Waals surface area contributed by atoms with E-state index in [-0.39, 0.29) is 12.4 Å². The van der Waals surface area contributed by atoms with Crippen LogP contribution in [-0.4, -0.2) is 37.5 Å². The second-order valence-electron chi connectivity index (χ2n) is 3.59. The van der Waals surface area contributed by atoms with Crippen LogP contribution in [0.4, 0.5) is 0 Å². The van der Waals surface area contributed by atoms with E-state index < -0.39 is 0 Å². The van der Waals surface area contributed by atoms with Crippen LogP contribution in [0.15, 0.2) is 0 Å². The highest BCUT2D eigenvalue weighted by molar-refractivity contribution is 5.85. The zero-order chi connectivity index (χ0) is 10.8. The third-order valence-electron chi connectivity index (χ3n) is 2.16. The average molecular weight is 237 g/mol. The Balaban J connectivity index is 0. The fourth-order valence-corrected chi connectivity index (χ4v) is 1.48. The van der Waals surface area contributed by atoms with E-state index in [1.807, 2.05) is 11.9 Å². The van der Waals surface area contributed by atoms with Crippen molar-refractivity contribution in [1.82, 2.24) is 10.2 Å². The van der Waals surface area contributed by atoms with Gasteiger partial charge >= 0.3 is 0 Å². The van der Waals surface area contributed by atoms with Crippen molar-refractivity contribution in [3.63, 3.8) is 0 Å². The van der Waals surface area contributed by atoms with Gasteiger partial charge in [0.25, 0.3) is 0 Å². The number of carbonyl (C=O) groups excluding carboxylic acids is 1. The molecule has 0 bridgehead atoms. The summed E-state index contributed by atoms with van der Waals surface area (Å²) < 4.78 is 0. The van der Waals surface area contributed by atoms with E-state index in [2.05, 4.69) is 19.2 Å². The van der Waals surface area contributed by atoms with Crippen molar-refractivity contribution in [2.45, 2.75) is 39.5 Å². The first-order valence-corrected chi connectivity index (χ1v) is 5.68. The van der Waals surface area contributed by atoms with Crippen LogP contribution in [0.5, 0.6) is 0 Å². The van der Waals surface area contributed by atoms with Crippen LogP contribution in [-0.2, 0) is 4.79 Å². The third kappa shape index (κ3) is 8.70. The fraction of sp³-hybridized carbons (Fsp3) is 0.909. The van der Waals surface area contributed by atoms with Gasteiger partial charge in [-0.05, 0) is 32.9 Å². The van der Waals surface area contributed by atoms with E-state index in [0.717, 1.165) is 38.9 Å². The van der Waals surface area contributed by atoms with Crippen LogP contribution in [0.2, 0.25) is 0 Å². The van der Waals surface area contributed by atoms with Gasteiger partial charge in [0, 0.05) is 19.5 Å². The molecule has 4 heteroatoms. The Morgan fingerprint density at radius 2 is 1.73 bits per heavy atom. The zero-order valence-corrected chi connectivity index (χ0v) is 11.0. The maximum Gasteiger partial charge on any atom is 0.222 e. The number of hydrogen-bond acceptors (Lipinski definition) is 2. The molecule has 0 saturated heterocycles. The van der Waals surface area contributed by atoms with Crippen molar-refractivity contribution in [3.8, 4) is 0 Å². The first kappa shape index (κ1) is 17.1. The molecule has 0 aliphatic carbocycles. The van der Waals surface area contributed by atoms with Crippen LogP contribution >= 0.6 is 12.4 Å². The largest absolute Gasteiger partial charge is 0.343 e. The van der Waals surface area contributed by atoms with Gasteiger partial charge in [0.15, 0.2) is 0 Å². The maximum atomic E-state index is 11.7. The van der Waals surface area contributed by atoms with Crippen LogP contribution < -0.4 is 5.32 Å². The molecule has 0 saturated carbocycles. The van der Waals surface area contributed by atoms with Gasteiger partial charge in [-0.25, -0.2) is 0 Å². The molecule has 3 nitrogen and oxygen atoms in total. The lowest BCUT2D eigenvalue weighted by molar-refractivity contribution is -0.131. The normalized spacial score (nSPS) is 9.53. The lowest BCUT2D eigenvalue weighted by atomic mass is 10.2. The number of nitrogens with zero attached hydrogens (tertiary/aromatic N) is 1. The summed E-state index contributed by atoms with van der Waals surface area (Å²) in [5.41, 5.74) is 0. The van der Waals surface area contributed by atoms with E-state index in [4.69, 9.17) is 0 Å². The highest BCUT2D eigenvalue weighted by Gasteiger charge is 2.10. The standard InChI is InChI=1S/C11H24N2O.ClH/c1-4-9-13(10-5-2)11(14)7-6-8-12-3;/h12H,4-10H2,1-3H3;1H. The molecule has 1 N–H and O–H groups in total. The number of rotatable bonds is 8. The van der Waals surface area contributed by atoms with Gasteiger partial charge in [-0.1, -0.05) is 13.8 Å². The summed E-state index contributed by atoms with van der Waals surface area (Å²) >= 11 is 0. The Kier molecular flexibility index (Phi) is 13.5. The Morgan fingerprint density at radius 1 is 1.20 bits per heavy atom. The first-order valence-electron chi connectivity index (χ1n) is 5.68. The quantitative estimate of drug-likeness (QED) is 0.655. The molecule has 0 unspecified atom stereocenters. The van der Waals surface area contributed by atoms with Gasteiger partial charge in [0.2, 0.25) is 5.91 Å².